The van der Waals surface area contributed by atoms with E-state index in [9.17, 15) is 4.79 Å². The maximum absolute atomic E-state index is 11.5. The molecule has 1 amide bonds. The normalized spacial score (nSPS) is 12.5. The number of rotatable bonds is 4. The molecule has 1 rings (SSSR count). The van der Waals surface area contributed by atoms with Crippen molar-refractivity contribution in [3.63, 3.8) is 0 Å². The molecule has 4 nitrogen and oxygen atoms in total. The van der Waals surface area contributed by atoms with Crippen LogP contribution in [0.2, 0.25) is 0 Å². The number of nitrogens with two attached hydrogens (primary N) is 1. The van der Waals surface area contributed by atoms with Crippen LogP contribution in [0.15, 0.2) is 30.3 Å². The van der Waals surface area contributed by atoms with Gasteiger partial charge in [-0.15, -0.1) is 0 Å². The quantitative estimate of drug-likeness (QED) is 0.691. The van der Waals surface area contributed by atoms with Gasteiger partial charge in [-0.2, -0.15) is 0 Å². The topological polar surface area (TPSA) is 58.4 Å². The first-order chi connectivity index (χ1) is 7.09. The average molecular weight is 207 g/mol. The van der Waals surface area contributed by atoms with Crippen molar-refractivity contribution in [1.29, 1.82) is 0 Å². The van der Waals surface area contributed by atoms with Crippen LogP contribution in [0, 0.1) is 0 Å². The summed E-state index contributed by atoms with van der Waals surface area (Å²) in [6.45, 7) is 0. The van der Waals surface area contributed by atoms with Gasteiger partial charge in [-0.1, -0.05) is 30.3 Å². The van der Waals surface area contributed by atoms with E-state index in [0.717, 1.165) is 5.56 Å². The number of carbonyl (C=O) groups excluding carboxylic acids is 1. The molecule has 4 heteroatoms. The molecule has 0 aliphatic carbocycles. The Morgan fingerprint density at radius 3 is 2.53 bits per heavy atom. The van der Waals surface area contributed by atoms with E-state index in [4.69, 9.17) is 5.73 Å². The van der Waals surface area contributed by atoms with Gasteiger partial charge >= 0.3 is 0 Å². The number of hydrazine groups is 1. The molecule has 0 saturated carbocycles. The SMILES string of the molecule is CN(C)NC(=O)[C@@H](N)Cc1ccccc1. The van der Waals surface area contributed by atoms with Gasteiger partial charge in [-0.25, -0.2) is 5.01 Å². The van der Waals surface area contributed by atoms with Crippen molar-refractivity contribution >= 4 is 5.91 Å². The van der Waals surface area contributed by atoms with Gasteiger partial charge in [-0.05, 0) is 12.0 Å². The zero-order valence-corrected chi connectivity index (χ0v) is 9.10. The van der Waals surface area contributed by atoms with Gasteiger partial charge in [0.15, 0.2) is 0 Å². The molecule has 0 spiro atoms. The lowest BCUT2D eigenvalue weighted by molar-refractivity contribution is -0.126. The number of carbonyl (C=O) groups is 1. The van der Waals surface area contributed by atoms with E-state index >= 15 is 0 Å². The fourth-order valence-corrected chi connectivity index (χ4v) is 1.26. The second kappa shape index (κ2) is 5.48. The van der Waals surface area contributed by atoms with Crippen LogP contribution in [0.25, 0.3) is 0 Å². The second-order valence-corrected chi connectivity index (χ2v) is 3.67. The smallest absolute Gasteiger partial charge is 0.251 e. The van der Waals surface area contributed by atoms with Crippen LogP contribution >= 0.6 is 0 Å². The van der Waals surface area contributed by atoms with Crippen molar-refractivity contribution in [1.82, 2.24) is 10.4 Å². The highest BCUT2D eigenvalue weighted by Gasteiger charge is 2.13. The lowest BCUT2D eigenvalue weighted by Crippen LogP contribution is -2.47. The van der Waals surface area contributed by atoms with E-state index in [1.807, 2.05) is 30.3 Å². The number of nitrogens with one attached hydrogen (secondary N) is 1. The Morgan fingerprint density at radius 2 is 2.00 bits per heavy atom. The van der Waals surface area contributed by atoms with Crippen LogP contribution in [-0.2, 0) is 11.2 Å². The standard InChI is InChI=1S/C11H17N3O/c1-14(2)13-11(15)10(12)8-9-6-4-3-5-7-9/h3-7,10H,8,12H2,1-2H3,(H,13,15)/t10-/m0/s1. The predicted octanol–water partition coefficient (Wildman–Crippen LogP) is 0.149. The summed E-state index contributed by atoms with van der Waals surface area (Å²) in [6.07, 6.45) is 0.556. The van der Waals surface area contributed by atoms with Crippen molar-refractivity contribution in [2.75, 3.05) is 14.1 Å². The van der Waals surface area contributed by atoms with Gasteiger partial charge in [0, 0.05) is 14.1 Å². The molecule has 0 aromatic heterocycles. The third-order valence-electron chi connectivity index (χ3n) is 1.97. The summed E-state index contributed by atoms with van der Waals surface area (Å²) in [5, 5.41) is 1.59. The minimum atomic E-state index is -0.505. The third kappa shape index (κ3) is 4.10. The van der Waals surface area contributed by atoms with Crippen molar-refractivity contribution in [3.05, 3.63) is 35.9 Å². The molecule has 0 saturated heterocycles. The molecule has 1 aromatic carbocycles. The maximum atomic E-state index is 11.5. The van der Waals surface area contributed by atoms with Crippen molar-refractivity contribution < 1.29 is 4.79 Å². The Bertz CT molecular complexity index is 311. The van der Waals surface area contributed by atoms with Crippen molar-refractivity contribution in [2.45, 2.75) is 12.5 Å². The zero-order chi connectivity index (χ0) is 11.3. The third-order valence-corrected chi connectivity index (χ3v) is 1.97. The summed E-state index contributed by atoms with van der Waals surface area (Å²) in [4.78, 5) is 11.5. The number of hydrogen-bond acceptors (Lipinski definition) is 3. The van der Waals surface area contributed by atoms with Gasteiger partial charge < -0.3 is 5.73 Å². The van der Waals surface area contributed by atoms with E-state index in [0.29, 0.717) is 6.42 Å². The monoisotopic (exact) mass is 207 g/mol. The van der Waals surface area contributed by atoms with E-state index in [2.05, 4.69) is 5.43 Å². The van der Waals surface area contributed by atoms with Crippen molar-refractivity contribution in [3.8, 4) is 0 Å². The summed E-state index contributed by atoms with van der Waals surface area (Å²) in [6, 6.07) is 9.23. The summed E-state index contributed by atoms with van der Waals surface area (Å²) < 4.78 is 0. The number of nitrogens with zero attached hydrogens (tertiary/aromatic N) is 1. The van der Waals surface area contributed by atoms with Gasteiger partial charge in [0.25, 0.3) is 5.91 Å². The highest BCUT2D eigenvalue weighted by molar-refractivity contribution is 5.81. The van der Waals surface area contributed by atoms with Gasteiger partial charge in [0.1, 0.15) is 0 Å². The molecule has 82 valence electrons. The van der Waals surface area contributed by atoms with E-state index < -0.39 is 6.04 Å². The number of benzene rings is 1. The first-order valence-electron chi connectivity index (χ1n) is 4.87. The first-order valence-corrected chi connectivity index (χ1v) is 4.87. The number of amides is 1. The Labute approximate surface area is 90.0 Å². The van der Waals surface area contributed by atoms with Crippen LogP contribution in [0.1, 0.15) is 5.56 Å². The van der Waals surface area contributed by atoms with Crippen molar-refractivity contribution in [2.24, 2.45) is 5.73 Å². The lowest BCUT2D eigenvalue weighted by atomic mass is 10.1. The van der Waals surface area contributed by atoms with Gasteiger partial charge in [0.2, 0.25) is 0 Å². The molecule has 1 atom stereocenters. The Hall–Kier alpha value is -1.39. The van der Waals surface area contributed by atoms with Crippen LogP contribution in [0.3, 0.4) is 0 Å². The van der Waals surface area contributed by atoms with Gasteiger partial charge in [0.05, 0.1) is 6.04 Å². The molecule has 0 heterocycles. The Kier molecular flexibility index (Phi) is 4.27. The molecule has 3 N–H and O–H groups in total. The molecule has 0 bridgehead atoms. The highest BCUT2D eigenvalue weighted by Crippen LogP contribution is 2.01. The molecule has 0 aliphatic heterocycles. The number of hydrogen-bond donors (Lipinski definition) is 2. The lowest BCUT2D eigenvalue weighted by Gasteiger charge is -2.16. The summed E-state index contributed by atoms with van der Waals surface area (Å²) in [5.74, 6) is -0.163. The van der Waals surface area contributed by atoms with Crippen LogP contribution in [-0.4, -0.2) is 31.1 Å². The molecule has 0 fully saturated rings. The minimum absolute atomic E-state index is 0.163. The zero-order valence-electron chi connectivity index (χ0n) is 9.10. The van der Waals surface area contributed by atoms with E-state index in [-0.39, 0.29) is 5.91 Å². The Morgan fingerprint density at radius 1 is 1.40 bits per heavy atom. The first kappa shape index (κ1) is 11.7. The summed E-state index contributed by atoms with van der Waals surface area (Å²) in [5.41, 5.74) is 9.46. The fraction of sp³-hybridized carbons (Fsp3) is 0.364. The molecule has 1 aromatic rings. The molecule has 0 aliphatic rings. The van der Waals surface area contributed by atoms with Crippen LogP contribution in [0.5, 0.6) is 0 Å². The van der Waals surface area contributed by atoms with Crippen LogP contribution < -0.4 is 11.2 Å². The van der Waals surface area contributed by atoms with Crippen LogP contribution in [0.4, 0.5) is 0 Å². The largest absolute Gasteiger partial charge is 0.320 e. The fourth-order valence-electron chi connectivity index (χ4n) is 1.26. The van der Waals surface area contributed by atoms with E-state index in [1.54, 1.807) is 19.1 Å². The highest BCUT2D eigenvalue weighted by atomic mass is 16.2. The van der Waals surface area contributed by atoms with Gasteiger partial charge in [-0.3, -0.25) is 10.2 Å². The summed E-state index contributed by atoms with van der Waals surface area (Å²) in [7, 11) is 3.51. The summed E-state index contributed by atoms with van der Waals surface area (Å²) >= 11 is 0. The Balaban J connectivity index is 2.49. The molecular formula is C11H17N3O. The minimum Gasteiger partial charge on any atom is -0.320 e. The maximum Gasteiger partial charge on any atom is 0.251 e. The average Bonchev–Trinajstić information content (AvgIpc) is 2.18. The molecule has 15 heavy (non-hydrogen) atoms. The second-order valence-electron chi connectivity index (χ2n) is 3.67. The van der Waals surface area contributed by atoms with E-state index in [1.165, 1.54) is 0 Å². The predicted molar refractivity (Wildman–Crippen MR) is 60.0 cm³/mol. The molecular weight excluding hydrogens is 190 g/mol. The molecule has 0 radical (unpaired) electrons. The molecule has 0 unspecified atom stereocenters.